The number of rotatable bonds is 6. The zero-order valence-corrected chi connectivity index (χ0v) is 11.0. The minimum Gasteiger partial charge on any atom is -0.481 e. The third-order valence-corrected chi connectivity index (χ3v) is 2.96. The summed E-state index contributed by atoms with van der Waals surface area (Å²) < 4.78 is 37.2. The summed E-state index contributed by atoms with van der Waals surface area (Å²) in [5.41, 5.74) is -0.0928. The van der Waals surface area contributed by atoms with Crippen molar-refractivity contribution in [2.45, 2.75) is 32.4 Å². The van der Waals surface area contributed by atoms with Gasteiger partial charge in [0.2, 0.25) is 0 Å². The SMILES string of the molecule is CC(CCC(=O)O)CC(=N)c1ccc(C(F)(F)F)cc1. The summed E-state index contributed by atoms with van der Waals surface area (Å²) in [4.78, 5) is 10.4. The molecule has 1 rings (SSSR count). The molecule has 1 atom stereocenters. The lowest BCUT2D eigenvalue weighted by atomic mass is 9.95. The summed E-state index contributed by atoms with van der Waals surface area (Å²) >= 11 is 0. The van der Waals surface area contributed by atoms with Crippen LogP contribution in [0.15, 0.2) is 24.3 Å². The number of carboxylic acids is 1. The number of carboxylic acid groups (broad SMARTS) is 1. The van der Waals surface area contributed by atoms with Crippen LogP contribution in [0.4, 0.5) is 13.2 Å². The van der Waals surface area contributed by atoms with E-state index in [1.807, 2.05) is 6.92 Å². The van der Waals surface area contributed by atoms with Gasteiger partial charge in [-0.1, -0.05) is 19.1 Å². The molecule has 0 amide bonds. The molecule has 2 N–H and O–H groups in total. The second-order valence-electron chi connectivity index (χ2n) is 4.80. The average Bonchev–Trinajstić information content (AvgIpc) is 2.35. The number of hydrogen-bond donors (Lipinski definition) is 2. The first-order chi connectivity index (χ1) is 9.20. The minimum absolute atomic E-state index is 0.000827. The standard InChI is InChI=1S/C14H16F3NO2/c1-9(2-7-13(19)20)8-12(18)10-3-5-11(6-4-10)14(15,16)17/h3-6,9,18H,2,7-8H2,1H3,(H,19,20). The summed E-state index contributed by atoms with van der Waals surface area (Å²) in [5, 5.41) is 16.4. The smallest absolute Gasteiger partial charge is 0.416 e. The number of alkyl halides is 3. The Bertz CT molecular complexity index is 480. The van der Waals surface area contributed by atoms with E-state index < -0.39 is 17.7 Å². The number of hydrogen-bond acceptors (Lipinski definition) is 2. The van der Waals surface area contributed by atoms with E-state index in [9.17, 15) is 18.0 Å². The Morgan fingerprint density at radius 3 is 2.30 bits per heavy atom. The number of nitrogens with one attached hydrogen (secondary N) is 1. The van der Waals surface area contributed by atoms with Gasteiger partial charge < -0.3 is 10.5 Å². The van der Waals surface area contributed by atoms with Crippen molar-refractivity contribution < 1.29 is 23.1 Å². The summed E-state index contributed by atoms with van der Waals surface area (Å²) in [7, 11) is 0. The summed E-state index contributed by atoms with van der Waals surface area (Å²) in [6, 6.07) is 4.45. The fourth-order valence-electron chi connectivity index (χ4n) is 1.80. The van der Waals surface area contributed by atoms with E-state index in [0.717, 1.165) is 12.1 Å². The maximum absolute atomic E-state index is 12.4. The quantitative estimate of drug-likeness (QED) is 0.778. The van der Waals surface area contributed by atoms with Crippen LogP contribution in [0.3, 0.4) is 0 Å². The van der Waals surface area contributed by atoms with Crippen LogP contribution in [0, 0.1) is 11.3 Å². The second kappa shape index (κ2) is 6.54. The number of halogens is 3. The summed E-state index contributed by atoms with van der Waals surface area (Å²) in [5.74, 6) is -0.890. The Morgan fingerprint density at radius 2 is 1.85 bits per heavy atom. The Morgan fingerprint density at radius 1 is 1.30 bits per heavy atom. The Balaban J connectivity index is 2.62. The molecule has 1 aromatic carbocycles. The van der Waals surface area contributed by atoms with E-state index >= 15 is 0 Å². The average molecular weight is 287 g/mol. The van der Waals surface area contributed by atoms with Gasteiger partial charge in [-0.25, -0.2) is 0 Å². The molecule has 20 heavy (non-hydrogen) atoms. The van der Waals surface area contributed by atoms with Gasteiger partial charge in [0, 0.05) is 12.1 Å². The molecule has 0 saturated heterocycles. The number of aliphatic carboxylic acids is 1. The molecule has 0 aliphatic heterocycles. The lowest BCUT2D eigenvalue weighted by Crippen LogP contribution is -2.09. The van der Waals surface area contributed by atoms with Crippen molar-refractivity contribution in [1.29, 1.82) is 5.41 Å². The molecule has 1 unspecified atom stereocenters. The first-order valence-electron chi connectivity index (χ1n) is 6.17. The van der Waals surface area contributed by atoms with Crippen LogP contribution in [0.2, 0.25) is 0 Å². The van der Waals surface area contributed by atoms with Crippen molar-refractivity contribution in [2.75, 3.05) is 0 Å². The molecule has 0 aromatic heterocycles. The molecule has 6 heteroatoms. The van der Waals surface area contributed by atoms with Gasteiger partial charge in [-0.2, -0.15) is 13.2 Å². The van der Waals surface area contributed by atoms with Crippen molar-refractivity contribution in [2.24, 2.45) is 5.92 Å². The van der Waals surface area contributed by atoms with Crippen molar-refractivity contribution in [1.82, 2.24) is 0 Å². The highest BCUT2D eigenvalue weighted by Crippen LogP contribution is 2.29. The number of carbonyl (C=O) groups is 1. The molecule has 110 valence electrons. The Kier molecular flexibility index (Phi) is 5.30. The van der Waals surface area contributed by atoms with Gasteiger partial charge >= 0.3 is 12.1 Å². The van der Waals surface area contributed by atoms with Crippen LogP contribution in [-0.2, 0) is 11.0 Å². The maximum Gasteiger partial charge on any atom is 0.416 e. The topological polar surface area (TPSA) is 61.1 Å². The molecule has 3 nitrogen and oxygen atoms in total. The van der Waals surface area contributed by atoms with Gasteiger partial charge in [-0.3, -0.25) is 4.79 Å². The normalized spacial score (nSPS) is 13.0. The van der Waals surface area contributed by atoms with Crippen LogP contribution in [-0.4, -0.2) is 16.8 Å². The zero-order chi connectivity index (χ0) is 15.3. The molecule has 0 heterocycles. The van der Waals surface area contributed by atoms with E-state index in [1.165, 1.54) is 12.1 Å². The molecule has 0 aliphatic rings. The van der Waals surface area contributed by atoms with Gasteiger partial charge in [0.05, 0.1) is 5.56 Å². The van der Waals surface area contributed by atoms with E-state index in [-0.39, 0.29) is 18.1 Å². The summed E-state index contributed by atoms with van der Waals surface area (Å²) in [6.07, 6.45) is -3.56. The van der Waals surface area contributed by atoms with E-state index in [4.69, 9.17) is 10.5 Å². The van der Waals surface area contributed by atoms with E-state index in [1.54, 1.807) is 0 Å². The molecular formula is C14H16F3NO2. The largest absolute Gasteiger partial charge is 0.481 e. The van der Waals surface area contributed by atoms with Crippen molar-refractivity contribution in [3.63, 3.8) is 0 Å². The second-order valence-corrected chi connectivity index (χ2v) is 4.80. The van der Waals surface area contributed by atoms with Crippen LogP contribution in [0.5, 0.6) is 0 Å². The van der Waals surface area contributed by atoms with Gasteiger partial charge in [0.25, 0.3) is 0 Å². The van der Waals surface area contributed by atoms with Gasteiger partial charge in [-0.15, -0.1) is 0 Å². The molecule has 0 bridgehead atoms. The van der Waals surface area contributed by atoms with Crippen LogP contribution < -0.4 is 0 Å². The highest BCUT2D eigenvalue weighted by molar-refractivity contribution is 5.98. The van der Waals surface area contributed by atoms with E-state index in [0.29, 0.717) is 18.4 Å². The third-order valence-electron chi connectivity index (χ3n) is 2.96. The van der Waals surface area contributed by atoms with Crippen LogP contribution >= 0.6 is 0 Å². The lowest BCUT2D eigenvalue weighted by molar-refractivity contribution is -0.138. The molecule has 0 aliphatic carbocycles. The summed E-state index contributed by atoms with van der Waals surface area (Å²) in [6.45, 7) is 1.82. The number of benzene rings is 1. The van der Waals surface area contributed by atoms with Crippen molar-refractivity contribution in [3.05, 3.63) is 35.4 Å². The van der Waals surface area contributed by atoms with Crippen LogP contribution in [0.1, 0.15) is 37.3 Å². The lowest BCUT2D eigenvalue weighted by Gasteiger charge is -2.12. The Hall–Kier alpha value is -1.85. The molecule has 0 spiro atoms. The third kappa shape index (κ3) is 5.03. The van der Waals surface area contributed by atoms with Gasteiger partial charge in [0.1, 0.15) is 0 Å². The van der Waals surface area contributed by atoms with Crippen molar-refractivity contribution >= 4 is 11.7 Å². The molecular weight excluding hydrogens is 271 g/mol. The minimum atomic E-state index is -4.38. The molecule has 0 saturated carbocycles. The first kappa shape index (κ1) is 16.2. The van der Waals surface area contributed by atoms with Gasteiger partial charge in [-0.05, 0) is 36.5 Å². The molecule has 0 fully saturated rings. The van der Waals surface area contributed by atoms with E-state index in [2.05, 4.69) is 0 Å². The first-order valence-corrected chi connectivity index (χ1v) is 6.17. The fraction of sp³-hybridized carbons (Fsp3) is 0.429. The van der Waals surface area contributed by atoms with Crippen molar-refractivity contribution in [3.8, 4) is 0 Å². The monoisotopic (exact) mass is 287 g/mol. The van der Waals surface area contributed by atoms with Crippen LogP contribution in [0.25, 0.3) is 0 Å². The fourth-order valence-corrected chi connectivity index (χ4v) is 1.80. The predicted molar refractivity (Wildman–Crippen MR) is 68.9 cm³/mol. The predicted octanol–water partition coefficient (Wildman–Crippen LogP) is 3.96. The zero-order valence-electron chi connectivity index (χ0n) is 11.0. The molecule has 0 radical (unpaired) electrons. The Labute approximate surface area is 114 Å². The molecule has 1 aromatic rings. The maximum atomic E-state index is 12.4. The van der Waals surface area contributed by atoms with Gasteiger partial charge in [0.15, 0.2) is 0 Å². The highest BCUT2D eigenvalue weighted by Gasteiger charge is 2.30. The highest BCUT2D eigenvalue weighted by atomic mass is 19.4.